The number of benzene rings is 3. The Balaban J connectivity index is 1.48. The summed E-state index contributed by atoms with van der Waals surface area (Å²) < 4.78 is 12.7. The zero-order valence-corrected chi connectivity index (χ0v) is 20.5. The molecule has 0 radical (unpaired) electrons. The Hall–Kier alpha value is -3.82. The van der Waals surface area contributed by atoms with Crippen LogP contribution in [-0.2, 0) is 6.61 Å². The minimum atomic E-state index is -0.731. The van der Waals surface area contributed by atoms with Gasteiger partial charge in [0, 0.05) is 4.47 Å². The summed E-state index contributed by atoms with van der Waals surface area (Å²) in [5.41, 5.74) is 3.65. The van der Waals surface area contributed by atoms with Crippen molar-refractivity contribution < 1.29 is 13.9 Å². The maximum absolute atomic E-state index is 13.7. The zero-order valence-electron chi connectivity index (χ0n) is 18.1. The summed E-state index contributed by atoms with van der Waals surface area (Å²) in [6.07, 6.45) is 0. The van der Waals surface area contributed by atoms with Gasteiger partial charge in [-0.25, -0.2) is 0 Å². The lowest BCUT2D eigenvalue weighted by atomic mass is 9.98. The average Bonchev–Trinajstić information content (AvgIpc) is 3.51. The molecule has 1 unspecified atom stereocenters. The number of ether oxygens (including phenoxy) is 1. The Morgan fingerprint density at radius 1 is 1.03 bits per heavy atom. The lowest BCUT2D eigenvalue weighted by Crippen LogP contribution is -2.29. The van der Waals surface area contributed by atoms with Crippen molar-refractivity contribution in [3.8, 4) is 5.75 Å². The van der Waals surface area contributed by atoms with Crippen LogP contribution in [0.4, 0.5) is 5.13 Å². The summed E-state index contributed by atoms with van der Waals surface area (Å²) in [7, 11) is 0. The smallest absolute Gasteiger partial charge is 0.297 e. The van der Waals surface area contributed by atoms with Gasteiger partial charge in [0.1, 0.15) is 23.4 Å². The van der Waals surface area contributed by atoms with E-state index in [0.717, 1.165) is 10.0 Å². The van der Waals surface area contributed by atoms with Gasteiger partial charge in [0.15, 0.2) is 5.43 Å². The van der Waals surface area contributed by atoms with E-state index in [1.165, 1.54) is 16.2 Å². The molecular weight excluding hydrogens is 530 g/mol. The Morgan fingerprint density at radius 3 is 2.69 bits per heavy atom. The number of hydrogen-bond acceptors (Lipinski definition) is 7. The molecule has 9 heteroatoms. The van der Waals surface area contributed by atoms with Gasteiger partial charge in [-0.1, -0.05) is 69.7 Å². The minimum Gasteiger partial charge on any atom is -0.489 e. The average molecular weight is 546 g/mol. The fourth-order valence-electron chi connectivity index (χ4n) is 4.25. The predicted octanol–water partition coefficient (Wildman–Crippen LogP) is 5.74. The number of hydrogen-bond donors (Lipinski definition) is 0. The molecule has 1 atom stereocenters. The first-order valence-electron chi connectivity index (χ1n) is 10.7. The highest BCUT2D eigenvalue weighted by Crippen LogP contribution is 2.42. The highest BCUT2D eigenvalue weighted by molar-refractivity contribution is 9.10. The molecule has 3 heterocycles. The molecule has 0 bridgehead atoms. The van der Waals surface area contributed by atoms with Gasteiger partial charge in [-0.3, -0.25) is 14.5 Å². The number of carbonyl (C=O) groups excluding carboxylic acids is 1. The maximum atomic E-state index is 13.7. The first-order chi connectivity index (χ1) is 17.1. The molecule has 6 rings (SSSR count). The second kappa shape index (κ2) is 8.75. The number of anilines is 1. The molecule has 7 nitrogen and oxygen atoms in total. The quantitative estimate of drug-likeness (QED) is 0.280. The Labute approximate surface area is 211 Å². The largest absolute Gasteiger partial charge is 0.489 e. The van der Waals surface area contributed by atoms with Crippen molar-refractivity contribution in [2.45, 2.75) is 12.6 Å². The number of amides is 1. The minimum absolute atomic E-state index is 0.0145. The van der Waals surface area contributed by atoms with Crippen molar-refractivity contribution in [3.63, 3.8) is 0 Å². The number of fused-ring (bicyclic) bond motifs is 2. The van der Waals surface area contributed by atoms with Crippen LogP contribution in [0.5, 0.6) is 5.75 Å². The van der Waals surface area contributed by atoms with Crippen LogP contribution in [0, 0.1) is 0 Å². The lowest BCUT2D eigenvalue weighted by Gasteiger charge is -2.22. The lowest BCUT2D eigenvalue weighted by molar-refractivity contribution is 0.0970. The normalized spacial score (nSPS) is 14.9. The fourth-order valence-corrected chi connectivity index (χ4v) is 5.19. The molecule has 5 aromatic rings. The van der Waals surface area contributed by atoms with Gasteiger partial charge < -0.3 is 9.15 Å². The molecule has 0 aliphatic carbocycles. The molecule has 0 fully saturated rings. The van der Waals surface area contributed by atoms with Gasteiger partial charge in [-0.2, -0.15) is 0 Å². The van der Waals surface area contributed by atoms with Crippen LogP contribution in [0.1, 0.15) is 33.3 Å². The van der Waals surface area contributed by atoms with Gasteiger partial charge in [-0.05, 0) is 41.5 Å². The standard InChI is InChI=1S/C26H16BrN3O4S/c27-17-9-10-20-19(12-17)23(31)21-22(30(25(32)24(21)34-20)26-29-28-14-35-26)16-7-4-8-18(11-16)33-13-15-5-2-1-3-6-15/h1-12,14,22H,13H2. The van der Waals surface area contributed by atoms with Crippen LogP contribution < -0.4 is 15.1 Å². The molecule has 0 saturated heterocycles. The molecule has 2 aromatic heterocycles. The molecule has 1 amide bonds. The Bertz CT molecular complexity index is 1620. The third kappa shape index (κ3) is 3.82. The van der Waals surface area contributed by atoms with Crippen LogP contribution in [0.2, 0.25) is 0 Å². The molecule has 3 aromatic carbocycles. The second-order valence-corrected chi connectivity index (χ2v) is 9.69. The number of rotatable bonds is 5. The Kier molecular flexibility index (Phi) is 5.43. The van der Waals surface area contributed by atoms with Gasteiger partial charge in [0.2, 0.25) is 10.9 Å². The van der Waals surface area contributed by atoms with Crippen LogP contribution >= 0.6 is 27.3 Å². The third-order valence-electron chi connectivity index (χ3n) is 5.81. The summed E-state index contributed by atoms with van der Waals surface area (Å²) in [4.78, 5) is 28.7. The van der Waals surface area contributed by atoms with Crippen LogP contribution in [0.15, 0.2) is 92.0 Å². The van der Waals surface area contributed by atoms with E-state index in [9.17, 15) is 9.59 Å². The topological polar surface area (TPSA) is 85.5 Å². The summed E-state index contributed by atoms with van der Waals surface area (Å²) in [6.45, 7) is 0.394. The van der Waals surface area contributed by atoms with Gasteiger partial charge in [-0.15, -0.1) is 10.2 Å². The summed E-state index contributed by atoms with van der Waals surface area (Å²) in [5.74, 6) is 0.206. The second-order valence-electron chi connectivity index (χ2n) is 7.96. The zero-order chi connectivity index (χ0) is 23.9. The number of carbonyl (C=O) groups is 1. The molecule has 0 N–H and O–H groups in total. The third-order valence-corrected chi connectivity index (χ3v) is 6.99. The maximum Gasteiger partial charge on any atom is 0.297 e. The molecule has 35 heavy (non-hydrogen) atoms. The van der Waals surface area contributed by atoms with Crippen LogP contribution in [0.3, 0.4) is 0 Å². The first kappa shape index (κ1) is 21.7. The van der Waals surface area contributed by atoms with E-state index in [1.54, 1.807) is 23.7 Å². The van der Waals surface area contributed by atoms with E-state index < -0.39 is 11.9 Å². The molecule has 1 aliphatic rings. The van der Waals surface area contributed by atoms with E-state index in [0.29, 0.717) is 34.0 Å². The van der Waals surface area contributed by atoms with Gasteiger partial charge >= 0.3 is 0 Å². The Morgan fingerprint density at radius 2 is 1.89 bits per heavy atom. The summed E-state index contributed by atoms with van der Waals surface area (Å²) in [6, 6.07) is 21.7. The molecular formula is C26H16BrN3O4S. The monoisotopic (exact) mass is 545 g/mol. The van der Waals surface area contributed by atoms with Gasteiger partial charge in [0.05, 0.1) is 17.0 Å². The number of aromatic nitrogens is 2. The molecule has 0 saturated carbocycles. The van der Waals surface area contributed by atoms with Crippen molar-refractivity contribution in [1.29, 1.82) is 0 Å². The van der Waals surface area contributed by atoms with Crippen molar-refractivity contribution in [2.24, 2.45) is 0 Å². The first-order valence-corrected chi connectivity index (χ1v) is 12.4. The van der Waals surface area contributed by atoms with Crippen molar-refractivity contribution in [3.05, 3.63) is 115 Å². The van der Waals surface area contributed by atoms with E-state index in [2.05, 4.69) is 26.1 Å². The van der Waals surface area contributed by atoms with E-state index in [-0.39, 0.29) is 16.8 Å². The number of nitrogens with zero attached hydrogens (tertiary/aromatic N) is 3. The van der Waals surface area contributed by atoms with Crippen molar-refractivity contribution in [2.75, 3.05) is 4.90 Å². The SMILES string of the molecule is O=C1c2oc3ccc(Br)cc3c(=O)c2C(c2cccc(OCc3ccccc3)c2)N1c1nncs1. The highest BCUT2D eigenvalue weighted by atomic mass is 79.9. The predicted molar refractivity (Wildman–Crippen MR) is 136 cm³/mol. The highest BCUT2D eigenvalue weighted by Gasteiger charge is 2.45. The van der Waals surface area contributed by atoms with Crippen LogP contribution in [0.25, 0.3) is 11.0 Å². The number of halogens is 1. The van der Waals surface area contributed by atoms with E-state index in [1.807, 2.05) is 54.6 Å². The summed E-state index contributed by atoms with van der Waals surface area (Å²) >= 11 is 4.64. The molecule has 0 spiro atoms. The van der Waals surface area contributed by atoms with Gasteiger partial charge in [0.25, 0.3) is 5.91 Å². The van der Waals surface area contributed by atoms with Crippen molar-refractivity contribution >= 4 is 49.3 Å². The summed E-state index contributed by atoms with van der Waals surface area (Å²) in [5, 5.41) is 8.78. The fraction of sp³-hybridized carbons (Fsp3) is 0.0769. The van der Waals surface area contributed by atoms with Crippen LogP contribution in [-0.4, -0.2) is 16.1 Å². The molecule has 172 valence electrons. The van der Waals surface area contributed by atoms with E-state index >= 15 is 0 Å². The van der Waals surface area contributed by atoms with E-state index in [4.69, 9.17) is 9.15 Å². The van der Waals surface area contributed by atoms with Crippen molar-refractivity contribution in [1.82, 2.24) is 10.2 Å². The molecule has 1 aliphatic heterocycles.